The number of carbonyl (C=O) groups is 1. The van der Waals surface area contributed by atoms with Crippen molar-refractivity contribution in [3.8, 4) is 0 Å². The summed E-state index contributed by atoms with van der Waals surface area (Å²) in [5.74, 6) is 0.688. The highest BCUT2D eigenvalue weighted by atomic mass is 16.5. The SMILES string of the molecule is CN(C)C(=O)CN1CCOC(CCc2ccnc(N)c2)C1. The third kappa shape index (κ3) is 4.99. The molecule has 21 heavy (non-hydrogen) atoms. The van der Waals surface area contributed by atoms with E-state index in [1.165, 1.54) is 5.56 Å². The average Bonchev–Trinajstić information content (AvgIpc) is 2.45. The van der Waals surface area contributed by atoms with E-state index in [4.69, 9.17) is 10.5 Å². The first kappa shape index (κ1) is 15.7. The zero-order valence-corrected chi connectivity index (χ0v) is 12.8. The second-order valence-electron chi connectivity index (χ2n) is 5.64. The van der Waals surface area contributed by atoms with Crippen LogP contribution in [-0.4, -0.2) is 67.1 Å². The fourth-order valence-corrected chi connectivity index (χ4v) is 2.41. The Kier molecular flexibility index (Phi) is 5.52. The van der Waals surface area contributed by atoms with Crippen molar-refractivity contribution in [2.75, 3.05) is 46.1 Å². The van der Waals surface area contributed by atoms with Gasteiger partial charge in [-0.3, -0.25) is 9.69 Å². The van der Waals surface area contributed by atoms with Crippen molar-refractivity contribution < 1.29 is 9.53 Å². The predicted molar refractivity (Wildman–Crippen MR) is 81.8 cm³/mol. The number of aromatic nitrogens is 1. The van der Waals surface area contributed by atoms with Crippen LogP contribution in [0.4, 0.5) is 5.82 Å². The van der Waals surface area contributed by atoms with Gasteiger partial charge in [0.15, 0.2) is 0 Å². The van der Waals surface area contributed by atoms with E-state index >= 15 is 0 Å². The molecule has 0 aliphatic carbocycles. The van der Waals surface area contributed by atoms with Crippen LogP contribution in [0.5, 0.6) is 0 Å². The van der Waals surface area contributed by atoms with Gasteiger partial charge in [0.2, 0.25) is 5.91 Å². The van der Waals surface area contributed by atoms with Crippen LogP contribution in [0, 0.1) is 0 Å². The molecule has 0 aromatic carbocycles. The van der Waals surface area contributed by atoms with Crippen LogP contribution in [0.3, 0.4) is 0 Å². The highest BCUT2D eigenvalue weighted by molar-refractivity contribution is 5.77. The normalized spacial score (nSPS) is 19.4. The van der Waals surface area contributed by atoms with Crippen molar-refractivity contribution in [3.05, 3.63) is 23.9 Å². The maximum Gasteiger partial charge on any atom is 0.236 e. The van der Waals surface area contributed by atoms with E-state index in [2.05, 4.69) is 9.88 Å². The molecule has 6 heteroatoms. The van der Waals surface area contributed by atoms with Crippen molar-refractivity contribution in [2.24, 2.45) is 0 Å². The molecule has 2 heterocycles. The highest BCUT2D eigenvalue weighted by Gasteiger charge is 2.22. The number of hydrogen-bond acceptors (Lipinski definition) is 5. The molecule has 2 rings (SSSR count). The first-order chi connectivity index (χ1) is 10.0. The van der Waals surface area contributed by atoms with Crippen molar-refractivity contribution >= 4 is 11.7 Å². The lowest BCUT2D eigenvalue weighted by atomic mass is 10.1. The Morgan fingerprint density at radius 1 is 1.57 bits per heavy atom. The Labute approximate surface area is 125 Å². The number of likely N-dealkylation sites (N-methyl/N-ethyl adjacent to an activating group) is 1. The Balaban J connectivity index is 1.80. The molecule has 0 bridgehead atoms. The summed E-state index contributed by atoms with van der Waals surface area (Å²) in [6.07, 6.45) is 3.74. The number of rotatable bonds is 5. The number of aryl methyl sites for hydroxylation is 1. The highest BCUT2D eigenvalue weighted by Crippen LogP contribution is 2.13. The fourth-order valence-electron chi connectivity index (χ4n) is 2.41. The minimum atomic E-state index is 0.137. The van der Waals surface area contributed by atoms with Crippen LogP contribution in [0.1, 0.15) is 12.0 Å². The molecule has 1 amide bonds. The van der Waals surface area contributed by atoms with Gasteiger partial charge < -0.3 is 15.4 Å². The van der Waals surface area contributed by atoms with E-state index in [0.717, 1.165) is 25.9 Å². The van der Waals surface area contributed by atoms with E-state index in [0.29, 0.717) is 19.0 Å². The molecule has 1 saturated heterocycles. The number of nitrogens with zero attached hydrogens (tertiary/aromatic N) is 3. The molecule has 0 spiro atoms. The van der Waals surface area contributed by atoms with Crippen LogP contribution >= 0.6 is 0 Å². The quantitative estimate of drug-likeness (QED) is 0.850. The maximum atomic E-state index is 11.8. The van der Waals surface area contributed by atoms with Crippen molar-refractivity contribution in [1.82, 2.24) is 14.8 Å². The lowest BCUT2D eigenvalue weighted by molar-refractivity contribution is -0.132. The summed E-state index contributed by atoms with van der Waals surface area (Å²) in [6.45, 7) is 2.78. The van der Waals surface area contributed by atoms with Gasteiger partial charge in [0.25, 0.3) is 0 Å². The van der Waals surface area contributed by atoms with Crippen LogP contribution in [0.15, 0.2) is 18.3 Å². The molecule has 1 unspecified atom stereocenters. The van der Waals surface area contributed by atoms with Crippen LogP contribution in [0.2, 0.25) is 0 Å². The van der Waals surface area contributed by atoms with Crippen LogP contribution in [-0.2, 0) is 16.0 Å². The number of ether oxygens (including phenoxy) is 1. The van der Waals surface area contributed by atoms with E-state index in [9.17, 15) is 4.79 Å². The standard InChI is InChI=1S/C15H24N4O2/c1-18(2)15(20)11-19-7-8-21-13(10-19)4-3-12-5-6-17-14(16)9-12/h5-6,9,13H,3-4,7-8,10-11H2,1-2H3,(H2,16,17). The molecular weight excluding hydrogens is 268 g/mol. The summed E-state index contributed by atoms with van der Waals surface area (Å²) in [6, 6.07) is 3.88. The van der Waals surface area contributed by atoms with Gasteiger partial charge in [-0.05, 0) is 30.5 Å². The predicted octanol–water partition coefficient (Wildman–Crippen LogP) is 0.385. The number of anilines is 1. The molecule has 1 fully saturated rings. The minimum Gasteiger partial charge on any atom is -0.384 e. The van der Waals surface area contributed by atoms with Crippen molar-refractivity contribution in [2.45, 2.75) is 18.9 Å². The molecule has 1 atom stereocenters. The largest absolute Gasteiger partial charge is 0.384 e. The zero-order chi connectivity index (χ0) is 15.2. The number of hydrogen-bond donors (Lipinski definition) is 1. The summed E-state index contributed by atoms with van der Waals surface area (Å²) in [7, 11) is 3.57. The van der Waals surface area contributed by atoms with Crippen molar-refractivity contribution in [3.63, 3.8) is 0 Å². The lowest BCUT2D eigenvalue weighted by Gasteiger charge is -2.33. The van der Waals surface area contributed by atoms with Gasteiger partial charge in [0, 0.05) is 33.4 Å². The monoisotopic (exact) mass is 292 g/mol. The Hall–Kier alpha value is -1.66. The number of carbonyl (C=O) groups excluding carboxylic acids is 1. The van der Waals surface area contributed by atoms with Gasteiger partial charge in [-0.25, -0.2) is 4.98 Å². The molecule has 116 valence electrons. The second-order valence-corrected chi connectivity index (χ2v) is 5.64. The first-order valence-electron chi connectivity index (χ1n) is 7.29. The van der Waals surface area contributed by atoms with Crippen LogP contribution in [0.25, 0.3) is 0 Å². The molecule has 1 aliphatic heterocycles. The summed E-state index contributed by atoms with van der Waals surface area (Å²) in [5.41, 5.74) is 6.85. The number of nitrogen functional groups attached to an aromatic ring is 1. The smallest absolute Gasteiger partial charge is 0.236 e. The summed E-state index contributed by atoms with van der Waals surface area (Å²) in [4.78, 5) is 19.5. The van der Waals surface area contributed by atoms with E-state index in [-0.39, 0.29) is 12.0 Å². The van der Waals surface area contributed by atoms with E-state index in [1.54, 1.807) is 25.2 Å². The fraction of sp³-hybridized carbons (Fsp3) is 0.600. The Morgan fingerprint density at radius 2 is 2.38 bits per heavy atom. The second kappa shape index (κ2) is 7.38. The van der Waals surface area contributed by atoms with E-state index in [1.807, 2.05) is 12.1 Å². The summed E-state index contributed by atoms with van der Waals surface area (Å²) in [5, 5.41) is 0. The van der Waals surface area contributed by atoms with Gasteiger partial charge in [-0.15, -0.1) is 0 Å². The topological polar surface area (TPSA) is 71.7 Å². The molecule has 2 N–H and O–H groups in total. The van der Waals surface area contributed by atoms with Gasteiger partial charge in [0.05, 0.1) is 19.3 Å². The molecule has 0 saturated carbocycles. The maximum absolute atomic E-state index is 11.8. The third-order valence-corrected chi connectivity index (χ3v) is 3.68. The van der Waals surface area contributed by atoms with Crippen LogP contribution < -0.4 is 5.73 Å². The minimum absolute atomic E-state index is 0.137. The van der Waals surface area contributed by atoms with Gasteiger partial charge >= 0.3 is 0 Å². The summed E-state index contributed by atoms with van der Waals surface area (Å²) < 4.78 is 5.79. The van der Waals surface area contributed by atoms with Gasteiger partial charge in [-0.1, -0.05) is 0 Å². The molecule has 1 aliphatic rings. The van der Waals surface area contributed by atoms with Crippen molar-refractivity contribution in [1.29, 1.82) is 0 Å². The molecule has 1 aromatic heterocycles. The average molecular weight is 292 g/mol. The molecule has 1 aromatic rings. The number of nitrogens with two attached hydrogens (primary N) is 1. The van der Waals surface area contributed by atoms with Gasteiger partial charge in [0.1, 0.15) is 5.82 Å². The zero-order valence-electron chi connectivity index (χ0n) is 12.8. The number of morpholine rings is 1. The molecule has 0 radical (unpaired) electrons. The Morgan fingerprint density at radius 3 is 3.10 bits per heavy atom. The third-order valence-electron chi connectivity index (χ3n) is 3.68. The van der Waals surface area contributed by atoms with Gasteiger partial charge in [-0.2, -0.15) is 0 Å². The first-order valence-corrected chi connectivity index (χ1v) is 7.29. The number of amides is 1. The Bertz CT molecular complexity index is 478. The summed E-state index contributed by atoms with van der Waals surface area (Å²) >= 11 is 0. The van der Waals surface area contributed by atoms with E-state index < -0.39 is 0 Å². The number of pyridine rings is 1. The molecule has 6 nitrogen and oxygen atoms in total. The lowest BCUT2D eigenvalue weighted by Crippen LogP contribution is -2.46. The molecular formula is C15H24N4O2.